The van der Waals surface area contributed by atoms with Crippen molar-refractivity contribution >= 4 is 21.8 Å². The molecule has 1 saturated carbocycles. The molecule has 0 aliphatic heterocycles. The lowest BCUT2D eigenvalue weighted by atomic mass is 9.93. The highest BCUT2D eigenvalue weighted by molar-refractivity contribution is 7.92. The van der Waals surface area contributed by atoms with Gasteiger partial charge >= 0.3 is 5.97 Å². The van der Waals surface area contributed by atoms with Gasteiger partial charge in [0.1, 0.15) is 17.1 Å². The van der Waals surface area contributed by atoms with Crippen LogP contribution in [0.2, 0.25) is 0 Å². The molecule has 0 unspecified atom stereocenters. The van der Waals surface area contributed by atoms with E-state index >= 15 is 0 Å². The summed E-state index contributed by atoms with van der Waals surface area (Å²) in [6.45, 7) is 4.19. The van der Waals surface area contributed by atoms with Crippen LogP contribution in [0.3, 0.4) is 0 Å². The first-order valence-corrected chi connectivity index (χ1v) is 9.85. The van der Waals surface area contributed by atoms with Crippen LogP contribution in [0.25, 0.3) is 0 Å². The molecule has 140 valence electrons. The second kappa shape index (κ2) is 6.64. The number of anilines is 1. The number of carbonyl (C=O) groups is 1. The molecule has 1 aliphatic carbocycles. The fourth-order valence-corrected chi connectivity index (χ4v) is 4.76. The second-order valence-corrected chi connectivity index (χ2v) is 8.14. The molecular formula is C17H21N3O5S. The first kappa shape index (κ1) is 18.2. The van der Waals surface area contributed by atoms with Crippen molar-refractivity contribution in [1.29, 1.82) is 0 Å². The third-order valence-electron chi connectivity index (χ3n) is 4.57. The summed E-state index contributed by atoms with van der Waals surface area (Å²) in [5.74, 6) is -1.38. The number of hydrogen-bond donors (Lipinski definition) is 2. The van der Waals surface area contributed by atoms with Gasteiger partial charge in [0, 0.05) is 18.7 Å². The Morgan fingerprint density at radius 3 is 2.58 bits per heavy atom. The van der Waals surface area contributed by atoms with Crippen molar-refractivity contribution in [3.63, 3.8) is 0 Å². The Bertz CT molecular complexity index is 947. The summed E-state index contributed by atoms with van der Waals surface area (Å²) < 4.78 is 29.7. The maximum absolute atomic E-state index is 13.3. The number of sulfonamides is 1. The molecule has 0 spiro atoms. The van der Waals surface area contributed by atoms with Crippen LogP contribution in [0.4, 0.5) is 5.82 Å². The predicted octanol–water partition coefficient (Wildman–Crippen LogP) is 2.36. The van der Waals surface area contributed by atoms with Gasteiger partial charge in [0.25, 0.3) is 10.0 Å². The Kier molecular flexibility index (Phi) is 4.66. The molecular weight excluding hydrogens is 358 g/mol. The van der Waals surface area contributed by atoms with Gasteiger partial charge < -0.3 is 10.2 Å². The summed E-state index contributed by atoms with van der Waals surface area (Å²) in [4.78, 5) is 11.1. The number of hydrogen-bond acceptors (Lipinski definition) is 5. The van der Waals surface area contributed by atoms with E-state index in [9.17, 15) is 23.4 Å². The molecule has 2 N–H and O–H groups in total. The lowest BCUT2D eigenvalue weighted by Gasteiger charge is -2.37. The standard InChI is InChI=1S/C17H21N3O5S/c1-3-19-16(9-11(2)18-19)20(12-5-4-6-12)26(24,25)13-7-8-15(21)14(10-13)17(22)23/h7-10,12,21H,3-6H2,1-2H3,(H,22,23). The molecule has 0 bridgehead atoms. The minimum Gasteiger partial charge on any atom is -0.507 e. The van der Waals surface area contributed by atoms with E-state index in [1.165, 1.54) is 10.4 Å². The molecule has 9 heteroatoms. The van der Waals surface area contributed by atoms with Gasteiger partial charge in [0.05, 0.1) is 10.6 Å². The van der Waals surface area contributed by atoms with Gasteiger partial charge in [-0.2, -0.15) is 5.10 Å². The van der Waals surface area contributed by atoms with Gasteiger partial charge in [-0.05, 0) is 51.3 Å². The molecule has 2 aromatic rings. The normalized spacial score (nSPS) is 14.8. The van der Waals surface area contributed by atoms with Crippen molar-refractivity contribution < 1.29 is 23.4 Å². The van der Waals surface area contributed by atoms with Crippen LogP contribution in [0.1, 0.15) is 42.2 Å². The molecule has 3 rings (SSSR count). The SMILES string of the molecule is CCn1nc(C)cc1N(C1CCC1)S(=O)(=O)c1ccc(O)c(C(=O)O)c1. The molecule has 1 aliphatic rings. The van der Waals surface area contributed by atoms with Gasteiger partial charge in [0.15, 0.2) is 0 Å². The fraction of sp³-hybridized carbons (Fsp3) is 0.412. The number of benzene rings is 1. The zero-order valence-corrected chi connectivity index (χ0v) is 15.4. The Labute approximate surface area is 151 Å². The van der Waals surface area contributed by atoms with Crippen LogP contribution in [-0.2, 0) is 16.6 Å². The van der Waals surface area contributed by atoms with Crippen molar-refractivity contribution in [2.45, 2.75) is 50.6 Å². The van der Waals surface area contributed by atoms with Crippen LogP contribution in [0.5, 0.6) is 5.75 Å². The summed E-state index contributed by atoms with van der Waals surface area (Å²) in [5, 5.41) is 23.2. The van der Waals surface area contributed by atoms with E-state index in [4.69, 9.17) is 0 Å². The molecule has 0 saturated heterocycles. The number of aromatic carboxylic acids is 1. The number of aromatic hydroxyl groups is 1. The molecule has 1 aromatic carbocycles. The van der Waals surface area contributed by atoms with Gasteiger partial charge in [-0.1, -0.05) is 0 Å². The molecule has 1 heterocycles. The smallest absolute Gasteiger partial charge is 0.339 e. The van der Waals surface area contributed by atoms with Gasteiger partial charge in [-0.3, -0.25) is 0 Å². The highest BCUT2D eigenvalue weighted by Crippen LogP contribution is 2.36. The summed E-state index contributed by atoms with van der Waals surface area (Å²) in [6, 6.07) is 4.85. The molecule has 0 atom stereocenters. The fourth-order valence-electron chi connectivity index (χ4n) is 3.03. The van der Waals surface area contributed by atoms with E-state index in [-0.39, 0.29) is 10.9 Å². The van der Waals surface area contributed by atoms with Crippen LogP contribution >= 0.6 is 0 Å². The first-order chi connectivity index (χ1) is 12.3. The molecule has 0 radical (unpaired) electrons. The van der Waals surface area contributed by atoms with Gasteiger partial charge in [-0.25, -0.2) is 22.2 Å². The molecule has 8 nitrogen and oxygen atoms in total. The van der Waals surface area contributed by atoms with Crippen molar-refractivity contribution in [1.82, 2.24) is 9.78 Å². The van der Waals surface area contributed by atoms with E-state index in [0.717, 1.165) is 31.4 Å². The largest absolute Gasteiger partial charge is 0.507 e. The predicted molar refractivity (Wildman–Crippen MR) is 95.0 cm³/mol. The summed E-state index contributed by atoms with van der Waals surface area (Å²) in [5.41, 5.74) is 0.262. The number of phenols is 1. The molecule has 26 heavy (non-hydrogen) atoms. The Morgan fingerprint density at radius 2 is 2.04 bits per heavy atom. The summed E-state index contributed by atoms with van der Waals surface area (Å²) >= 11 is 0. The quantitative estimate of drug-likeness (QED) is 0.797. The third kappa shape index (κ3) is 3.03. The average molecular weight is 379 g/mol. The van der Waals surface area contributed by atoms with Crippen molar-refractivity contribution in [2.75, 3.05) is 4.31 Å². The molecule has 1 fully saturated rings. The van der Waals surface area contributed by atoms with E-state index in [2.05, 4.69) is 5.10 Å². The number of rotatable bonds is 6. The number of aromatic nitrogens is 2. The van der Waals surface area contributed by atoms with Crippen molar-refractivity contribution in [3.8, 4) is 5.75 Å². The van der Waals surface area contributed by atoms with Gasteiger partial charge in [0.2, 0.25) is 0 Å². The monoisotopic (exact) mass is 379 g/mol. The number of aryl methyl sites for hydroxylation is 2. The average Bonchev–Trinajstić information content (AvgIpc) is 2.90. The lowest BCUT2D eigenvalue weighted by Crippen LogP contribution is -2.45. The first-order valence-electron chi connectivity index (χ1n) is 8.41. The van der Waals surface area contributed by atoms with Crippen LogP contribution in [-0.4, -0.2) is 40.4 Å². The Hall–Kier alpha value is -2.55. The van der Waals surface area contributed by atoms with Crippen molar-refractivity contribution in [3.05, 3.63) is 35.5 Å². The van der Waals surface area contributed by atoms with E-state index in [1.807, 2.05) is 6.92 Å². The van der Waals surface area contributed by atoms with Crippen LogP contribution in [0.15, 0.2) is 29.2 Å². The van der Waals surface area contributed by atoms with Crippen molar-refractivity contribution in [2.24, 2.45) is 0 Å². The van der Waals surface area contributed by atoms with Crippen LogP contribution < -0.4 is 4.31 Å². The topological polar surface area (TPSA) is 113 Å². The summed E-state index contributed by atoms with van der Waals surface area (Å²) in [7, 11) is -4.01. The minimum absolute atomic E-state index is 0.166. The number of nitrogens with zero attached hydrogens (tertiary/aromatic N) is 3. The zero-order valence-electron chi connectivity index (χ0n) is 14.6. The lowest BCUT2D eigenvalue weighted by molar-refractivity contribution is 0.0693. The third-order valence-corrected chi connectivity index (χ3v) is 6.42. The van der Waals surface area contributed by atoms with E-state index in [0.29, 0.717) is 18.1 Å². The number of carboxylic acids is 1. The van der Waals surface area contributed by atoms with E-state index < -0.39 is 27.3 Å². The van der Waals surface area contributed by atoms with Gasteiger partial charge in [-0.15, -0.1) is 0 Å². The molecule has 0 amide bonds. The zero-order chi connectivity index (χ0) is 19.1. The van der Waals surface area contributed by atoms with Crippen LogP contribution in [0, 0.1) is 6.92 Å². The molecule has 1 aromatic heterocycles. The highest BCUT2D eigenvalue weighted by atomic mass is 32.2. The number of carboxylic acid groups (broad SMARTS) is 1. The minimum atomic E-state index is -4.01. The Balaban J connectivity index is 2.14. The summed E-state index contributed by atoms with van der Waals surface area (Å²) in [6.07, 6.45) is 2.40. The van der Waals surface area contributed by atoms with E-state index in [1.54, 1.807) is 17.7 Å². The highest BCUT2D eigenvalue weighted by Gasteiger charge is 2.37. The second-order valence-electron chi connectivity index (χ2n) is 6.33. The maximum Gasteiger partial charge on any atom is 0.339 e. The Morgan fingerprint density at radius 1 is 1.35 bits per heavy atom. The maximum atomic E-state index is 13.3.